The monoisotopic (exact) mass is 242 g/mol. The van der Waals surface area contributed by atoms with Crippen LogP contribution in [0.3, 0.4) is 0 Å². The third-order valence-corrected chi connectivity index (χ3v) is 1.84. The molecule has 0 saturated heterocycles. The van der Waals surface area contributed by atoms with Crippen molar-refractivity contribution in [2.45, 2.75) is 20.0 Å². The van der Waals surface area contributed by atoms with Crippen LogP contribution in [0.15, 0.2) is 0 Å². The van der Waals surface area contributed by atoms with Crippen LogP contribution in [0, 0.1) is 0 Å². The first-order chi connectivity index (χ1) is 7.40. The number of ether oxygens (including phenoxy) is 1. The lowest BCUT2D eigenvalue weighted by Gasteiger charge is -2.19. The summed E-state index contributed by atoms with van der Waals surface area (Å²) in [6.45, 7) is 3.41. The van der Waals surface area contributed by atoms with Gasteiger partial charge in [-0.15, -0.1) is 0 Å². The highest BCUT2D eigenvalue weighted by atomic mass is 19.4. The number of amides is 2. The lowest BCUT2D eigenvalue weighted by atomic mass is 10.5. The standard InChI is InChI=1S/C9H17F3N2O2/c1-3-14(4-2)8(15)13-5-6-16-7-9(10,11)12/h3-7H2,1-2H3,(H,13,15). The minimum atomic E-state index is -4.32. The van der Waals surface area contributed by atoms with Crippen molar-refractivity contribution in [2.75, 3.05) is 32.8 Å². The van der Waals surface area contributed by atoms with Gasteiger partial charge in [0.1, 0.15) is 6.61 Å². The number of hydrogen-bond donors (Lipinski definition) is 1. The summed E-state index contributed by atoms with van der Waals surface area (Å²) in [5.74, 6) is 0. The highest BCUT2D eigenvalue weighted by molar-refractivity contribution is 5.73. The Labute approximate surface area is 92.7 Å². The Kier molecular flexibility index (Phi) is 6.87. The van der Waals surface area contributed by atoms with Gasteiger partial charge in [-0.3, -0.25) is 0 Å². The van der Waals surface area contributed by atoms with Gasteiger partial charge >= 0.3 is 12.2 Å². The lowest BCUT2D eigenvalue weighted by molar-refractivity contribution is -0.173. The molecule has 7 heteroatoms. The molecule has 0 aromatic carbocycles. The molecule has 16 heavy (non-hydrogen) atoms. The number of nitrogens with zero attached hydrogens (tertiary/aromatic N) is 1. The first-order valence-electron chi connectivity index (χ1n) is 5.08. The molecule has 0 bridgehead atoms. The molecule has 4 nitrogen and oxygen atoms in total. The van der Waals surface area contributed by atoms with Crippen LogP contribution in [0.5, 0.6) is 0 Å². The van der Waals surface area contributed by atoms with Gasteiger partial charge < -0.3 is 15.0 Å². The summed E-state index contributed by atoms with van der Waals surface area (Å²) in [6, 6.07) is -0.291. The first kappa shape index (κ1) is 15.0. The fraction of sp³-hybridized carbons (Fsp3) is 0.889. The average molecular weight is 242 g/mol. The van der Waals surface area contributed by atoms with Crippen LogP contribution in [0.1, 0.15) is 13.8 Å². The maximum absolute atomic E-state index is 11.7. The normalized spacial score (nSPS) is 11.3. The van der Waals surface area contributed by atoms with E-state index in [0.717, 1.165) is 0 Å². The number of alkyl halides is 3. The van der Waals surface area contributed by atoms with Crippen molar-refractivity contribution < 1.29 is 22.7 Å². The molecule has 0 fully saturated rings. The van der Waals surface area contributed by atoms with Crippen molar-refractivity contribution in [1.29, 1.82) is 0 Å². The lowest BCUT2D eigenvalue weighted by Crippen LogP contribution is -2.41. The summed E-state index contributed by atoms with van der Waals surface area (Å²) >= 11 is 0. The molecule has 1 N–H and O–H groups in total. The smallest absolute Gasteiger partial charge is 0.370 e. The second-order valence-electron chi connectivity index (χ2n) is 3.07. The van der Waals surface area contributed by atoms with Crippen molar-refractivity contribution >= 4 is 6.03 Å². The van der Waals surface area contributed by atoms with Crippen LogP contribution in [0.2, 0.25) is 0 Å². The Hall–Kier alpha value is -0.980. The van der Waals surface area contributed by atoms with Crippen molar-refractivity contribution in [2.24, 2.45) is 0 Å². The van der Waals surface area contributed by atoms with Gasteiger partial charge in [0, 0.05) is 19.6 Å². The second kappa shape index (κ2) is 7.32. The Morgan fingerprint density at radius 3 is 2.31 bits per heavy atom. The number of halogens is 3. The summed E-state index contributed by atoms with van der Waals surface area (Å²) in [7, 11) is 0. The largest absolute Gasteiger partial charge is 0.411 e. The number of urea groups is 1. The summed E-state index contributed by atoms with van der Waals surface area (Å²) in [4.78, 5) is 12.8. The molecule has 0 atom stereocenters. The van der Waals surface area contributed by atoms with E-state index in [1.807, 2.05) is 13.8 Å². The van der Waals surface area contributed by atoms with E-state index in [0.29, 0.717) is 13.1 Å². The van der Waals surface area contributed by atoms with Crippen molar-refractivity contribution in [3.05, 3.63) is 0 Å². The number of carbonyl (C=O) groups excluding carboxylic acids is 1. The number of nitrogens with one attached hydrogen (secondary N) is 1. The molecule has 0 aliphatic rings. The van der Waals surface area contributed by atoms with E-state index in [2.05, 4.69) is 10.1 Å². The summed E-state index contributed by atoms with van der Waals surface area (Å²) < 4.78 is 39.3. The van der Waals surface area contributed by atoms with Gasteiger partial charge in [0.15, 0.2) is 0 Å². The quantitative estimate of drug-likeness (QED) is 0.719. The average Bonchev–Trinajstić information content (AvgIpc) is 2.17. The zero-order valence-electron chi connectivity index (χ0n) is 9.43. The third kappa shape index (κ3) is 7.33. The Morgan fingerprint density at radius 1 is 1.31 bits per heavy atom. The fourth-order valence-corrected chi connectivity index (χ4v) is 1.04. The molecule has 2 amide bonds. The van der Waals surface area contributed by atoms with Crippen LogP contribution >= 0.6 is 0 Å². The van der Waals surface area contributed by atoms with E-state index in [1.165, 1.54) is 4.90 Å². The molecule has 0 aromatic rings. The summed E-state index contributed by atoms with van der Waals surface area (Å²) in [5, 5.41) is 2.47. The molecule has 0 aliphatic heterocycles. The van der Waals surface area contributed by atoms with Crippen molar-refractivity contribution in [1.82, 2.24) is 10.2 Å². The molecule has 0 rings (SSSR count). The summed E-state index contributed by atoms with van der Waals surface area (Å²) in [5.41, 5.74) is 0. The van der Waals surface area contributed by atoms with E-state index in [9.17, 15) is 18.0 Å². The molecule has 0 heterocycles. The van der Waals surface area contributed by atoms with Gasteiger partial charge in [-0.05, 0) is 13.8 Å². The first-order valence-corrected chi connectivity index (χ1v) is 5.08. The molecule has 0 aliphatic carbocycles. The number of hydrogen-bond acceptors (Lipinski definition) is 2. The highest BCUT2D eigenvalue weighted by Gasteiger charge is 2.27. The maximum Gasteiger partial charge on any atom is 0.411 e. The Balaban J connectivity index is 3.55. The fourth-order valence-electron chi connectivity index (χ4n) is 1.04. The van der Waals surface area contributed by atoms with Gasteiger partial charge in [0.2, 0.25) is 0 Å². The van der Waals surface area contributed by atoms with Gasteiger partial charge in [0.25, 0.3) is 0 Å². The van der Waals surface area contributed by atoms with Crippen LogP contribution < -0.4 is 5.32 Å². The topological polar surface area (TPSA) is 41.6 Å². The zero-order valence-corrected chi connectivity index (χ0v) is 9.43. The number of carbonyl (C=O) groups is 1. The Bertz CT molecular complexity index is 205. The van der Waals surface area contributed by atoms with Crippen molar-refractivity contribution in [3.63, 3.8) is 0 Å². The number of rotatable bonds is 6. The SMILES string of the molecule is CCN(CC)C(=O)NCCOCC(F)(F)F. The van der Waals surface area contributed by atoms with E-state index in [4.69, 9.17) is 0 Å². The zero-order chi connectivity index (χ0) is 12.6. The van der Waals surface area contributed by atoms with Gasteiger partial charge in [0.05, 0.1) is 6.61 Å². The van der Waals surface area contributed by atoms with E-state index < -0.39 is 12.8 Å². The third-order valence-electron chi connectivity index (χ3n) is 1.84. The minimum absolute atomic E-state index is 0.0748. The van der Waals surface area contributed by atoms with Gasteiger partial charge in [-0.25, -0.2) is 4.79 Å². The predicted octanol–water partition coefficient (Wildman–Crippen LogP) is 1.62. The summed E-state index contributed by atoms with van der Waals surface area (Å²) in [6.07, 6.45) is -4.32. The van der Waals surface area contributed by atoms with Gasteiger partial charge in [-0.1, -0.05) is 0 Å². The van der Waals surface area contributed by atoms with Crippen molar-refractivity contribution in [3.8, 4) is 0 Å². The van der Waals surface area contributed by atoms with Crippen LogP contribution in [-0.2, 0) is 4.74 Å². The van der Waals surface area contributed by atoms with Crippen LogP contribution in [0.25, 0.3) is 0 Å². The second-order valence-corrected chi connectivity index (χ2v) is 3.07. The van der Waals surface area contributed by atoms with E-state index in [-0.39, 0.29) is 19.2 Å². The van der Waals surface area contributed by atoms with Crippen LogP contribution in [0.4, 0.5) is 18.0 Å². The molecule has 0 spiro atoms. The highest BCUT2D eigenvalue weighted by Crippen LogP contribution is 2.13. The predicted molar refractivity (Wildman–Crippen MR) is 53.2 cm³/mol. The van der Waals surface area contributed by atoms with E-state index >= 15 is 0 Å². The molecular weight excluding hydrogens is 225 g/mol. The molecule has 96 valence electrons. The molecule has 0 unspecified atom stereocenters. The van der Waals surface area contributed by atoms with Crippen LogP contribution in [-0.4, -0.2) is 50.0 Å². The molecule has 0 radical (unpaired) electrons. The molecule has 0 aromatic heterocycles. The van der Waals surface area contributed by atoms with E-state index in [1.54, 1.807) is 0 Å². The molecule has 0 saturated carbocycles. The maximum atomic E-state index is 11.7. The van der Waals surface area contributed by atoms with Gasteiger partial charge in [-0.2, -0.15) is 13.2 Å². The minimum Gasteiger partial charge on any atom is -0.370 e. The molecular formula is C9H17F3N2O2. The Morgan fingerprint density at radius 2 is 1.88 bits per heavy atom.